The van der Waals surface area contributed by atoms with Gasteiger partial charge in [0, 0.05) is 17.8 Å². The fraction of sp³-hybridized carbons (Fsp3) is 1.00. The van der Waals surface area contributed by atoms with Crippen molar-refractivity contribution in [3.63, 3.8) is 0 Å². The molecular weight excluding hydrogens is 198 g/mol. The van der Waals surface area contributed by atoms with E-state index in [1.807, 2.05) is 11.8 Å². The highest BCUT2D eigenvalue weighted by molar-refractivity contribution is 7.99. The van der Waals surface area contributed by atoms with Gasteiger partial charge in [0.15, 0.2) is 0 Å². The Kier molecular flexibility index (Phi) is 6.33. The molecule has 1 fully saturated rings. The van der Waals surface area contributed by atoms with Crippen LogP contribution in [-0.2, 0) is 0 Å². The molecule has 1 aliphatic rings. The van der Waals surface area contributed by atoms with Gasteiger partial charge in [-0.05, 0) is 37.0 Å². The third kappa shape index (κ3) is 5.18. The number of nitrogens with one attached hydrogen (secondary N) is 1. The summed E-state index contributed by atoms with van der Waals surface area (Å²) in [7, 11) is 0. The van der Waals surface area contributed by atoms with Crippen molar-refractivity contribution in [1.82, 2.24) is 5.32 Å². The van der Waals surface area contributed by atoms with E-state index >= 15 is 0 Å². The first-order valence-corrected chi connectivity index (χ1v) is 7.55. The Balaban J connectivity index is 2.07. The van der Waals surface area contributed by atoms with Gasteiger partial charge < -0.3 is 5.32 Å². The number of hydrogen-bond acceptors (Lipinski definition) is 3. The van der Waals surface area contributed by atoms with Gasteiger partial charge in [0.1, 0.15) is 0 Å². The molecule has 0 aromatic carbocycles. The second-order valence-corrected chi connectivity index (χ2v) is 6.16. The molecule has 1 rings (SSSR count). The Hall–Kier alpha value is 0.660. The quantitative estimate of drug-likeness (QED) is 0.763. The number of rotatable bonds is 5. The van der Waals surface area contributed by atoms with E-state index in [0.29, 0.717) is 6.04 Å². The standard InChI is InChI=1S/C10H21NS2/c1-3-12-8-9(2)11-10-4-6-13-7-5-10/h9-11H,3-8H2,1-2H3. The molecule has 13 heavy (non-hydrogen) atoms. The molecule has 1 atom stereocenters. The highest BCUT2D eigenvalue weighted by Gasteiger charge is 2.15. The van der Waals surface area contributed by atoms with Crippen LogP contribution in [0.2, 0.25) is 0 Å². The minimum atomic E-state index is 0.693. The van der Waals surface area contributed by atoms with E-state index in [4.69, 9.17) is 0 Å². The van der Waals surface area contributed by atoms with Gasteiger partial charge >= 0.3 is 0 Å². The van der Waals surface area contributed by atoms with E-state index in [0.717, 1.165) is 6.04 Å². The zero-order valence-electron chi connectivity index (χ0n) is 8.71. The summed E-state index contributed by atoms with van der Waals surface area (Å²) < 4.78 is 0. The van der Waals surface area contributed by atoms with Crippen LogP contribution in [0.5, 0.6) is 0 Å². The summed E-state index contributed by atoms with van der Waals surface area (Å²) in [4.78, 5) is 0. The predicted molar refractivity (Wildman–Crippen MR) is 65.9 cm³/mol. The summed E-state index contributed by atoms with van der Waals surface area (Å²) in [5.74, 6) is 5.21. The summed E-state index contributed by atoms with van der Waals surface area (Å²) in [5.41, 5.74) is 0. The molecule has 1 nitrogen and oxygen atoms in total. The number of thioether (sulfide) groups is 2. The summed E-state index contributed by atoms with van der Waals surface area (Å²) in [5, 5.41) is 3.72. The molecule has 1 saturated heterocycles. The molecule has 0 amide bonds. The molecule has 0 bridgehead atoms. The van der Waals surface area contributed by atoms with Crippen LogP contribution in [0, 0.1) is 0 Å². The van der Waals surface area contributed by atoms with Crippen molar-refractivity contribution < 1.29 is 0 Å². The summed E-state index contributed by atoms with van der Waals surface area (Å²) >= 11 is 4.14. The first kappa shape index (κ1) is 11.7. The third-order valence-corrected chi connectivity index (χ3v) is 4.51. The molecule has 1 heterocycles. The highest BCUT2D eigenvalue weighted by atomic mass is 32.2. The van der Waals surface area contributed by atoms with Crippen LogP contribution in [0.3, 0.4) is 0 Å². The van der Waals surface area contributed by atoms with Gasteiger partial charge in [-0.3, -0.25) is 0 Å². The number of hydrogen-bond donors (Lipinski definition) is 1. The van der Waals surface area contributed by atoms with E-state index in [-0.39, 0.29) is 0 Å². The van der Waals surface area contributed by atoms with Crippen molar-refractivity contribution in [3.8, 4) is 0 Å². The Labute approximate surface area is 90.8 Å². The molecule has 0 aromatic heterocycles. The normalized spacial score (nSPS) is 21.7. The Morgan fingerprint density at radius 1 is 1.46 bits per heavy atom. The molecule has 3 heteroatoms. The minimum Gasteiger partial charge on any atom is -0.311 e. The SMILES string of the molecule is CCSCC(C)NC1CCSCC1. The first-order valence-electron chi connectivity index (χ1n) is 5.24. The lowest BCUT2D eigenvalue weighted by molar-refractivity contribution is 0.443. The van der Waals surface area contributed by atoms with E-state index in [1.165, 1.54) is 35.9 Å². The summed E-state index contributed by atoms with van der Waals surface area (Å²) in [6, 6.07) is 1.49. The molecule has 78 valence electrons. The van der Waals surface area contributed by atoms with Crippen molar-refractivity contribution >= 4 is 23.5 Å². The molecule has 0 spiro atoms. The van der Waals surface area contributed by atoms with Crippen LogP contribution in [-0.4, -0.2) is 35.1 Å². The van der Waals surface area contributed by atoms with Crippen LogP contribution >= 0.6 is 23.5 Å². The lowest BCUT2D eigenvalue weighted by Gasteiger charge is -2.26. The van der Waals surface area contributed by atoms with Crippen LogP contribution in [0.25, 0.3) is 0 Å². The van der Waals surface area contributed by atoms with Gasteiger partial charge in [-0.1, -0.05) is 6.92 Å². The van der Waals surface area contributed by atoms with Crippen LogP contribution < -0.4 is 5.32 Å². The fourth-order valence-electron chi connectivity index (χ4n) is 1.61. The maximum Gasteiger partial charge on any atom is 0.0132 e. The van der Waals surface area contributed by atoms with Crippen molar-refractivity contribution in [3.05, 3.63) is 0 Å². The first-order chi connectivity index (χ1) is 6.33. The second-order valence-electron chi connectivity index (χ2n) is 3.61. The van der Waals surface area contributed by atoms with Gasteiger partial charge in [-0.2, -0.15) is 23.5 Å². The smallest absolute Gasteiger partial charge is 0.0132 e. The molecule has 1 aliphatic heterocycles. The third-order valence-electron chi connectivity index (χ3n) is 2.31. The van der Waals surface area contributed by atoms with E-state index in [9.17, 15) is 0 Å². The van der Waals surface area contributed by atoms with E-state index in [1.54, 1.807) is 0 Å². The summed E-state index contributed by atoms with van der Waals surface area (Å²) in [6.07, 6.45) is 2.73. The minimum absolute atomic E-state index is 0.693. The fourth-order valence-corrected chi connectivity index (χ4v) is 3.40. The summed E-state index contributed by atoms with van der Waals surface area (Å²) in [6.45, 7) is 4.54. The van der Waals surface area contributed by atoms with Crippen LogP contribution in [0.1, 0.15) is 26.7 Å². The zero-order valence-corrected chi connectivity index (χ0v) is 10.3. The van der Waals surface area contributed by atoms with Crippen LogP contribution in [0.15, 0.2) is 0 Å². The molecule has 0 saturated carbocycles. The van der Waals surface area contributed by atoms with Crippen molar-refractivity contribution in [1.29, 1.82) is 0 Å². The molecule has 0 radical (unpaired) electrons. The lowest BCUT2D eigenvalue weighted by Crippen LogP contribution is -2.40. The van der Waals surface area contributed by atoms with Gasteiger partial charge in [-0.15, -0.1) is 0 Å². The topological polar surface area (TPSA) is 12.0 Å². The lowest BCUT2D eigenvalue weighted by atomic mass is 10.1. The second kappa shape index (κ2) is 7.02. The average molecular weight is 219 g/mol. The monoisotopic (exact) mass is 219 g/mol. The zero-order chi connectivity index (χ0) is 9.52. The van der Waals surface area contributed by atoms with Gasteiger partial charge in [0.25, 0.3) is 0 Å². The highest BCUT2D eigenvalue weighted by Crippen LogP contribution is 2.17. The van der Waals surface area contributed by atoms with Crippen molar-refractivity contribution in [2.75, 3.05) is 23.0 Å². The van der Waals surface area contributed by atoms with Gasteiger partial charge in [0.2, 0.25) is 0 Å². The van der Waals surface area contributed by atoms with Crippen LogP contribution in [0.4, 0.5) is 0 Å². The molecular formula is C10H21NS2. The van der Waals surface area contributed by atoms with Gasteiger partial charge in [0.05, 0.1) is 0 Å². The van der Waals surface area contributed by atoms with Crippen molar-refractivity contribution in [2.24, 2.45) is 0 Å². The average Bonchev–Trinajstić information content (AvgIpc) is 2.16. The predicted octanol–water partition coefficient (Wildman–Crippen LogP) is 2.61. The largest absolute Gasteiger partial charge is 0.311 e. The molecule has 1 unspecified atom stereocenters. The molecule has 1 N–H and O–H groups in total. The van der Waals surface area contributed by atoms with E-state index in [2.05, 4.69) is 30.9 Å². The molecule has 0 aliphatic carbocycles. The molecule has 0 aromatic rings. The Bertz CT molecular complexity index is 124. The maximum absolute atomic E-state index is 3.72. The Morgan fingerprint density at radius 2 is 2.15 bits per heavy atom. The maximum atomic E-state index is 3.72. The Morgan fingerprint density at radius 3 is 2.77 bits per heavy atom. The van der Waals surface area contributed by atoms with Gasteiger partial charge in [-0.25, -0.2) is 0 Å². The van der Waals surface area contributed by atoms with Crippen molar-refractivity contribution in [2.45, 2.75) is 38.8 Å². The van der Waals surface area contributed by atoms with E-state index < -0.39 is 0 Å².